The van der Waals surface area contributed by atoms with Crippen LogP contribution in [0.15, 0.2) is 54.9 Å². The van der Waals surface area contributed by atoms with Gasteiger partial charge in [0.2, 0.25) is 0 Å². The van der Waals surface area contributed by atoms with Gasteiger partial charge in [0, 0.05) is 6.42 Å². The van der Waals surface area contributed by atoms with Crippen molar-refractivity contribution in [2.75, 3.05) is 6.61 Å². The number of hydrogen-bond donors (Lipinski definition) is 0. The number of rotatable bonds is 6. The first-order valence-corrected chi connectivity index (χ1v) is 11.2. The summed E-state index contributed by atoms with van der Waals surface area (Å²) in [6, 6.07) is 16.2. The largest absolute Gasteiger partial charge is 0.491 e. The molecule has 5 rings (SSSR count). The van der Waals surface area contributed by atoms with Gasteiger partial charge in [-0.2, -0.15) is 4.37 Å². The average molecular weight is 436 g/mol. The Morgan fingerprint density at radius 2 is 1.68 bits per heavy atom. The molecule has 4 aromatic rings. The van der Waals surface area contributed by atoms with Gasteiger partial charge in [0.05, 0.1) is 12.0 Å². The minimum Gasteiger partial charge on any atom is -0.491 e. The molecule has 0 N–H and O–H groups in total. The van der Waals surface area contributed by atoms with Crippen LogP contribution in [-0.2, 0) is 4.74 Å². The smallest absolute Gasteiger partial charge is 0.145 e. The molecule has 6 nitrogen and oxygen atoms in total. The molecule has 7 heteroatoms. The lowest BCUT2D eigenvalue weighted by Gasteiger charge is -2.20. The summed E-state index contributed by atoms with van der Waals surface area (Å²) >= 11 is 1.45. The number of aromatic nitrogens is 3. The van der Waals surface area contributed by atoms with Crippen LogP contribution in [0.4, 0.5) is 0 Å². The van der Waals surface area contributed by atoms with Crippen molar-refractivity contribution in [3.63, 3.8) is 0 Å². The number of fused-ring (bicyclic) bond motifs is 1. The first-order valence-electron chi connectivity index (χ1n) is 10.4. The normalized spacial score (nSPS) is 20.9. The Kier molecular flexibility index (Phi) is 5.38. The molecule has 0 aliphatic carbocycles. The average Bonchev–Trinajstić information content (AvgIpc) is 3.46. The molecule has 0 bridgehead atoms. The van der Waals surface area contributed by atoms with Crippen molar-refractivity contribution in [1.29, 1.82) is 0 Å². The topological polar surface area (TPSA) is 58.4 Å². The Morgan fingerprint density at radius 1 is 1.00 bits per heavy atom. The van der Waals surface area contributed by atoms with Crippen molar-refractivity contribution in [2.45, 2.75) is 45.6 Å². The molecular formula is C24H25N3O3S. The van der Waals surface area contributed by atoms with E-state index in [0.717, 1.165) is 27.5 Å². The Labute approximate surface area is 185 Å². The molecule has 0 spiro atoms. The standard InChI is InChI=1S/C24H25N3O3S/c1-15-4-8-18(9-5-15)28-13-21-20(29-19-10-6-16(2)7-11-19)12-22(30-21)27-14-25-23-17(3)26-31-24(23)27/h4-11,14,20-22H,12-13H2,1-3H3/t20-,21+,22+/m0/s1. The number of ether oxygens (including phenoxy) is 3. The van der Waals surface area contributed by atoms with E-state index in [1.165, 1.54) is 22.7 Å². The number of benzene rings is 2. The first-order chi connectivity index (χ1) is 15.1. The molecule has 3 heterocycles. The Balaban J connectivity index is 1.36. The molecular weight excluding hydrogens is 410 g/mol. The van der Waals surface area contributed by atoms with E-state index in [1.54, 1.807) is 0 Å². The summed E-state index contributed by atoms with van der Waals surface area (Å²) in [6.45, 7) is 6.52. The Hall–Kier alpha value is -2.90. The maximum atomic E-state index is 6.43. The molecule has 1 aliphatic rings. The van der Waals surface area contributed by atoms with Gasteiger partial charge in [0.15, 0.2) is 0 Å². The number of aryl methyl sites for hydroxylation is 3. The van der Waals surface area contributed by atoms with Crippen molar-refractivity contribution < 1.29 is 14.2 Å². The van der Waals surface area contributed by atoms with Crippen LogP contribution in [0.5, 0.6) is 11.5 Å². The zero-order chi connectivity index (χ0) is 21.4. The van der Waals surface area contributed by atoms with Crippen LogP contribution in [0.2, 0.25) is 0 Å². The van der Waals surface area contributed by atoms with Crippen molar-refractivity contribution in [3.8, 4) is 11.5 Å². The molecule has 0 saturated carbocycles. The molecule has 1 aliphatic heterocycles. The van der Waals surface area contributed by atoms with Gasteiger partial charge < -0.3 is 14.2 Å². The van der Waals surface area contributed by atoms with Crippen molar-refractivity contribution >= 4 is 21.9 Å². The summed E-state index contributed by atoms with van der Waals surface area (Å²) < 4.78 is 25.3. The highest BCUT2D eigenvalue weighted by molar-refractivity contribution is 7.12. The maximum Gasteiger partial charge on any atom is 0.145 e. The van der Waals surface area contributed by atoms with Crippen LogP contribution >= 0.6 is 11.5 Å². The van der Waals surface area contributed by atoms with E-state index in [9.17, 15) is 0 Å². The van der Waals surface area contributed by atoms with E-state index in [2.05, 4.69) is 39.9 Å². The maximum absolute atomic E-state index is 6.43. The Bertz CT molecular complexity index is 1170. The van der Waals surface area contributed by atoms with Gasteiger partial charge in [-0.1, -0.05) is 35.4 Å². The highest BCUT2D eigenvalue weighted by Gasteiger charge is 2.39. The summed E-state index contributed by atoms with van der Waals surface area (Å²) in [5.74, 6) is 1.67. The zero-order valence-electron chi connectivity index (χ0n) is 17.8. The molecule has 3 atom stereocenters. The molecule has 2 aromatic carbocycles. The van der Waals surface area contributed by atoms with E-state index >= 15 is 0 Å². The molecule has 31 heavy (non-hydrogen) atoms. The third-order valence-corrected chi connectivity index (χ3v) is 6.54. The molecule has 1 saturated heterocycles. The third-order valence-electron chi connectivity index (χ3n) is 5.59. The molecule has 0 radical (unpaired) electrons. The molecule has 0 unspecified atom stereocenters. The monoisotopic (exact) mass is 435 g/mol. The van der Waals surface area contributed by atoms with Crippen LogP contribution in [0.25, 0.3) is 10.3 Å². The molecule has 0 amide bonds. The minimum absolute atomic E-state index is 0.135. The lowest BCUT2D eigenvalue weighted by atomic mass is 10.1. The lowest BCUT2D eigenvalue weighted by Crippen LogP contribution is -2.32. The van der Waals surface area contributed by atoms with Gasteiger partial charge in [0.25, 0.3) is 0 Å². The fourth-order valence-electron chi connectivity index (χ4n) is 3.80. The third kappa shape index (κ3) is 4.16. The number of hydrogen-bond acceptors (Lipinski definition) is 6. The minimum atomic E-state index is -0.209. The van der Waals surface area contributed by atoms with Gasteiger partial charge >= 0.3 is 0 Å². The van der Waals surface area contributed by atoms with Gasteiger partial charge in [-0.15, -0.1) is 0 Å². The van der Waals surface area contributed by atoms with Crippen LogP contribution in [0.1, 0.15) is 29.5 Å². The van der Waals surface area contributed by atoms with Crippen molar-refractivity contribution in [2.24, 2.45) is 0 Å². The fourth-order valence-corrected chi connectivity index (χ4v) is 4.65. The molecule has 160 valence electrons. The summed E-state index contributed by atoms with van der Waals surface area (Å²) in [5, 5.41) is 0. The Morgan fingerprint density at radius 3 is 2.39 bits per heavy atom. The second-order valence-electron chi connectivity index (χ2n) is 8.03. The quantitative estimate of drug-likeness (QED) is 0.415. The van der Waals surface area contributed by atoms with Gasteiger partial charge in [-0.05, 0) is 56.6 Å². The summed E-state index contributed by atoms with van der Waals surface area (Å²) in [7, 11) is 0. The van der Waals surface area contributed by atoms with Gasteiger partial charge in [-0.3, -0.25) is 4.57 Å². The van der Waals surface area contributed by atoms with Crippen LogP contribution in [-0.4, -0.2) is 32.7 Å². The van der Waals surface area contributed by atoms with E-state index in [-0.39, 0.29) is 18.4 Å². The number of imidazole rings is 1. The highest BCUT2D eigenvalue weighted by Crippen LogP contribution is 2.35. The van der Waals surface area contributed by atoms with Crippen LogP contribution in [0.3, 0.4) is 0 Å². The number of nitrogens with zero attached hydrogens (tertiary/aromatic N) is 3. The van der Waals surface area contributed by atoms with Crippen molar-refractivity contribution in [1.82, 2.24) is 13.9 Å². The highest BCUT2D eigenvalue weighted by atomic mass is 32.1. The summed E-state index contributed by atoms with van der Waals surface area (Å²) in [5.41, 5.74) is 4.29. The van der Waals surface area contributed by atoms with Crippen LogP contribution < -0.4 is 9.47 Å². The van der Waals surface area contributed by atoms with E-state index < -0.39 is 0 Å². The van der Waals surface area contributed by atoms with E-state index in [0.29, 0.717) is 13.0 Å². The predicted octanol–water partition coefficient (Wildman–Crippen LogP) is 5.23. The fraction of sp³-hybridized carbons (Fsp3) is 0.333. The second-order valence-corrected chi connectivity index (χ2v) is 8.78. The van der Waals surface area contributed by atoms with Crippen molar-refractivity contribution in [3.05, 3.63) is 71.7 Å². The van der Waals surface area contributed by atoms with Gasteiger partial charge in [0.1, 0.15) is 46.9 Å². The van der Waals surface area contributed by atoms with E-state index in [4.69, 9.17) is 14.2 Å². The SMILES string of the molecule is Cc1ccc(OC[C@H]2O[C@@H](n3cnc4c(C)nsc43)C[C@@H]2Oc2ccc(C)cc2)cc1. The molecule has 1 fully saturated rings. The predicted molar refractivity (Wildman–Crippen MR) is 121 cm³/mol. The first kappa shape index (κ1) is 20.0. The molecule has 2 aromatic heterocycles. The van der Waals surface area contributed by atoms with Gasteiger partial charge in [-0.25, -0.2) is 4.98 Å². The zero-order valence-corrected chi connectivity index (χ0v) is 18.6. The second kappa shape index (κ2) is 8.32. The summed E-state index contributed by atoms with van der Waals surface area (Å²) in [4.78, 5) is 5.55. The lowest BCUT2D eigenvalue weighted by molar-refractivity contribution is -0.0338. The summed E-state index contributed by atoms with van der Waals surface area (Å²) in [6.07, 6.45) is 2.03. The van der Waals surface area contributed by atoms with Crippen LogP contribution in [0, 0.1) is 20.8 Å². The van der Waals surface area contributed by atoms with E-state index in [1.807, 2.05) is 49.6 Å².